The summed E-state index contributed by atoms with van der Waals surface area (Å²) in [6.45, 7) is -0.0981. The molecule has 1 atom stereocenters. The Morgan fingerprint density at radius 1 is 1.57 bits per heavy atom. The highest BCUT2D eigenvalue weighted by Crippen LogP contribution is 2.22. The Kier molecular flexibility index (Phi) is 3.73. The highest BCUT2D eigenvalue weighted by atomic mass is 35.5. The van der Waals surface area contributed by atoms with E-state index in [1.54, 1.807) is 24.3 Å². The molecule has 5 heteroatoms. The smallest absolute Gasteiger partial charge is 0.324 e. The fraction of sp³-hybridized carbons (Fsp3) is 0.222. The Labute approximate surface area is 86.2 Å². The maximum Gasteiger partial charge on any atom is 0.324 e. The van der Waals surface area contributed by atoms with E-state index < -0.39 is 12.0 Å². The third kappa shape index (κ3) is 2.90. The van der Waals surface area contributed by atoms with Gasteiger partial charge in [-0.2, -0.15) is 0 Å². The molecule has 0 spiro atoms. The van der Waals surface area contributed by atoms with Crippen LogP contribution in [0.3, 0.4) is 0 Å². The number of carboxylic acid groups (broad SMARTS) is 1. The van der Waals surface area contributed by atoms with Gasteiger partial charge in [-0.15, -0.1) is 0 Å². The van der Waals surface area contributed by atoms with Crippen LogP contribution in [0.4, 0.5) is 0 Å². The van der Waals surface area contributed by atoms with Crippen molar-refractivity contribution in [2.45, 2.75) is 6.04 Å². The third-order valence-electron chi connectivity index (χ3n) is 1.57. The Hall–Kier alpha value is -1.26. The molecule has 1 unspecified atom stereocenters. The van der Waals surface area contributed by atoms with Crippen LogP contribution in [0, 0.1) is 0 Å². The Morgan fingerprint density at radius 3 is 2.79 bits per heavy atom. The first kappa shape index (κ1) is 10.8. The number of rotatable bonds is 4. The summed E-state index contributed by atoms with van der Waals surface area (Å²) in [5.74, 6) is -0.664. The van der Waals surface area contributed by atoms with Gasteiger partial charge in [0.25, 0.3) is 0 Å². The number of para-hydroxylation sites is 1. The van der Waals surface area contributed by atoms with Crippen molar-refractivity contribution in [1.82, 2.24) is 0 Å². The van der Waals surface area contributed by atoms with E-state index in [1.165, 1.54) is 0 Å². The van der Waals surface area contributed by atoms with Gasteiger partial charge >= 0.3 is 5.97 Å². The van der Waals surface area contributed by atoms with Crippen molar-refractivity contribution >= 4 is 17.6 Å². The molecule has 0 aliphatic carbocycles. The number of nitrogens with two attached hydrogens (primary N) is 1. The van der Waals surface area contributed by atoms with Crippen LogP contribution in [0.2, 0.25) is 5.02 Å². The van der Waals surface area contributed by atoms with Crippen LogP contribution in [-0.4, -0.2) is 23.7 Å². The molecule has 1 aromatic carbocycles. The third-order valence-corrected chi connectivity index (χ3v) is 1.88. The Morgan fingerprint density at radius 2 is 2.21 bits per heavy atom. The van der Waals surface area contributed by atoms with Gasteiger partial charge in [-0.05, 0) is 12.1 Å². The molecule has 76 valence electrons. The lowest BCUT2D eigenvalue weighted by Gasteiger charge is -2.09. The number of carbonyl (C=O) groups is 1. The van der Waals surface area contributed by atoms with Crippen molar-refractivity contribution in [1.29, 1.82) is 0 Å². The second kappa shape index (κ2) is 4.83. The molecule has 0 saturated heterocycles. The van der Waals surface area contributed by atoms with E-state index in [4.69, 9.17) is 27.2 Å². The average molecular weight is 216 g/mol. The first-order chi connectivity index (χ1) is 6.61. The predicted octanol–water partition coefficient (Wildman–Crippen LogP) is 1.13. The van der Waals surface area contributed by atoms with Gasteiger partial charge in [0.2, 0.25) is 0 Å². The Balaban J connectivity index is 2.54. The summed E-state index contributed by atoms with van der Waals surface area (Å²) in [6.07, 6.45) is 0. The number of ether oxygens (including phenoxy) is 1. The van der Waals surface area contributed by atoms with E-state index in [0.29, 0.717) is 10.8 Å². The summed E-state index contributed by atoms with van der Waals surface area (Å²) in [6, 6.07) is 5.77. The maximum absolute atomic E-state index is 10.4. The average Bonchev–Trinajstić information content (AvgIpc) is 2.16. The van der Waals surface area contributed by atoms with Crippen molar-refractivity contribution < 1.29 is 14.6 Å². The molecule has 1 rings (SSSR count). The largest absolute Gasteiger partial charge is 0.490 e. The van der Waals surface area contributed by atoms with Crippen LogP contribution in [0.15, 0.2) is 24.3 Å². The molecule has 0 saturated carbocycles. The number of hydrogen-bond acceptors (Lipinski definition) is 3. The molecule has 0 radical (unpaired) electrons. The molecular weight excluding hydrogens is 206 g/mol. The topological polar surface area (TPSA) is 72.5 Å². The van der Waals surface area contributed by atoms with Gasteiger partial charge in [-0.25, -0.2) is 0 Å². The van der Waals surface area contributed by atoms with Crippen molar-refractivity contribution in [2.75, 3.05) is 6.61 Å². The molecule has 1 aromatic rings. The summed E-state index contributed by atoms with van der Waals surface area (Å²) in [5.41, 5.74) is 5.25. The van der Waals surface area contributed by atoms with Crippen molar-refractivity contribution in [3.8, 4) is 5.75 Å². The molecule has 0 amide bonds. The number of carboxylic acids is 1. The minimum absolute atomic E-state index is 0.0981. The molecule has 3 N–H and O–H groups in total. The standard InChI is InChI=1S/C9H10ClNO3/c10-6-3-1-2-4-8(6)14-5-7(11)9(12)13/h1-4,7H,5,11H2,(H,12,13). The zero-order chi connectivity index (χ0) is 10.6. The van der Waals surface area contributed by atoms with E-state index in [-0.39, 0.29) is 6.61 Å². The van der Waals surface area contributed by atoms with Gasteiger partial charge in [-0.3, -0.25) is 4.79 Å². The molecule has 0 aliphatic rings. The van der Waals surface area contributed by atoms with E-state index in [1.807, 2.05) is 0 Å². The van der Waals surface area contributed by atoms with Gasteiger partial charge in [0.05, 0.1) is 5.02 Å². The van der Waals surface area contributed by atoms with Crippen molar-refractivity contribution in [2.24, 2.45) is 5.73 Å². The SMILES string of the molecule is NC(COc1ccccc1Cl)C(=O)O. The summed E-state index contributed by atoms with van der Waals surface area (Å²) in [5, 5.41) is 8.93. The highest BCUT2D eigenvalue weighted by Gasteiger charge is 2.12. The van der Waals surface area contributed by atoms with E-state index in [2.05, 4.69) is 0 Å². The highest BCUT2D eigenvalue weighted by molar-refractivity contribution is 6.32. The normalized spacial score (nSPS) is 12.1. The minimum atomic E-state index is -1.10. The number of halogens is 1. The lowest BCUT2D eigenvalue weighted by molar-refractivity contribution is -0.139. The lowest BCUT2D eigenvalue weighted by atomic mass is 10.3. The molecule has 0 aliphatic heterocycles. The molecule has 0 fully saturated rings. The van der Waals surface area contributed by atoms with Crippen LogP contribution in [-0.2, 0) is 4.79 Å². The van der Waals surface area contributed by atoms with Gasteiger partial charge < -0.3 is 15.6 Å². The summed E-state index contributed by atoms with van der Waals surface area (Å²) in [4.78, 5) is 10.4. The van der Waals surface area contributed by atoms with Crippen molar-refractivity contribution in [3.63, 3.8) is 0 Å². The molecule has 0 aromatic heterocycles. The van der Waals surface area contributed by atoms with Gasteiger partial charge in [0.15, 0.2) is 0 Å². The molecule has 14 heavy (non-hydrogen) atoms. The zero-order valence-corrected chi connectivity index (χ0v) is 8.07. The summed E-state index contributed by atoms with van der Waals surface area (Å²) < 4.78 is 5.12. The second-order valence-electron chi connectivity index (χ2n) is 2.69. The maximum atomic E-state index is 10.4. The monoisotopic (exact) mass is 215 g/mol. The first-order valence-corrected chi connectivity index (χ1v) is 4.35. The zero-order valence-electron chi connectivity index (χ0n) is 7.31. The number of hydrogen-bond donors (Lipinski definition) is 2. The van der Waals surface area contributed by atoms with Gasteiger partial charge in [0, 0.05) is 0 Å². The molecule has 0 bridgehead atoms. The quantitative estimate of drug-likeness (QED) is 0.790. The van der Waals surface area contributed by atoms with Crippen LogP contribution in [0.5, 0.6) is 5.75 Å². The number of benzene rings is 1. The van der Waals surface area contributed by atoms with E-state index >= 15 is 0 Å². The number of aliphatic carboxylic acids is 1. The van der Waals surface area contributed by atoms with Crippen LogP contribution >= 0.6 is 11.6 Å². The lowest BCUT2D eigenvalue weighted by Crippen LogP contribution is -2.36. The molecule has 4 nitrogen and oxygen atoms in total. The fourth-order valence-corrected chi connectivity index (χ4v) is 1.00. The van der Waals surface area contributed by atoms with E-state index in [0.717, 1.165) is 0 Å². The molecular formula is C9H10ClNO3. The first-order valence-electron chi connectivity index (χ1n) is 3.97. The van der Waals surface area contributed by atoms with Crippen LogP contribution in [0.1, 0.15) is 0 Å². The van der Waals surface area contributed by atoms with Crippen LogP contribution < -0.4 is 10.5 Å². The van der Waals surface area contributed by atoms with Gasteiger partial charge in [0.1, 0.15) is 18.4 Å². The summed E-state index contributed by atoms with van der Waals surface area (Å²) in [7, 11) is 0. The minimum Gasteiger partial charge on any atom is -0.490 e. The van der Waals surface area contributed by atoms with Gasteiger partial charge in [-0.1, -0.05) is 23.7 Å². The summed E-state index contributed by atoms with van der Waals surface area (Å²) >= 11 is 5.77. The fourth-order valence-electron chi connectivity index (χ4n) is 0.813. The predicted molar refractivity (Wildman–Crippen MR) is 52.6 cm³/mol. The van der Waals surface area contributed by atoms with E-state index in [9.17, 15) is 4.79 Å². The van der Waals surface area contributed by atoms with Crippen molar-refractivity contribution in [3.05, 3.63) is 29.3 Å². The molecule has 0 heterocycles. The Bertz CT molecular complexity index is 330. The second-order valence-corrected chi connectivity index (χ2v) is 3.09. The van der Waals surface area contributed by atoms with Crippen LogP contribution in [0.25, 0.3) is 0 Å².